The molecule has 0 bridgehead atoms. The van der Waals surface area contributed by atoms with Gasteiger partial charge in [0, 0.05) is 6.42 Å². The highest BCUT2D eigenvalue weighted by atomic mass is 15.0. The van der Waals surface area contributed by atoms with Crippen LogP contribution in [0.1, 0.15) is 33.6 Å². The molecule has 1 atom stereocenters. The van der Waals surface area contributed by atoms with E-state index in [0.29, 0.717) is 6.04 Å². The Hall–Kier alpha value is -0.330. The van der Waals surface area contributed by atoms with Gasteiger partial charge < -0.3 is 0 Å². The Morgan fingerprint density at radius 1 is 1.44 bits per heavy atom. The zero-order chi connectivity index (χ0) is 7.28. The van der Waals surface area contributed by atoms with Crippen molar-refractivity contribution in [3.63, 3.8) is 0 Å². The second-order valence-corrected chi connectivity index (χ2v) is 2.54. The number of hydrogen-bond donors (Lipinski definition) is 0. The van der Waals surface area contributed by atoms with E-state index < -0.39 is 0 Å². The van der Waals surface area contributed by atoms with E-state index in [4.69, 9.17) is 0 Å². The second kappa shape index (κ2) is 4.54. The van der Waals surface area contributed by atoms with E-state index in [9.17, 15) is 0 Å². The Labute approximate surface area is 58.4 Å². The maximum Gasteiger partial charge on any atom is 0.149 e. The molecule has 0 N–H and O–H groups in total. The minimum absolute atomic E-state index is 0.653. The molecule has 0 saturated carbocycles. The molecule has 0 radical (unpaired) electrons. The third-order valence-electron chi connectivity index (χ3n) is 1.74. The van der Waals surface area contributed by atoms with Gasteiger partial charge in [0.05, 0.1) is 0 Å². The molecular weight excluding hydrogens is 110 g/mol. The molecule has 0 aliphatic heterocycles. The van der Waals surface area contributed by atoms with Gasteiger partial charge in [-0.1, -0.05) is 6.92 Å². The van der Waals surface area contributed by atoms with E-state index in [1.165, 1.54) is 12.8 Å². The van der Waals surface area contributed by atoms with Crippen LogP contribution in [0.3, 0.4) is 0 Å². The molecule has 0 amide bonds. The first-order valence-electron chi connectivity index (χ1n) is 3.79. The van der Waals surface area contributed by atoms with Crippen LogP contribution in [0.2, 0.25) is 0 Å². The molecule has 0 heterocycles. The largest absolute Gasteiger partial charge is 0.240 e. The van der Waals surface area contributed by atoms with Gasteiger partial charge in [-0.2, -0.15) is 0 Å². The summed E-state index contributed by atoms with van der Waals surface area (Å²) in [5, 5.41) is 0. The fourth-order valence-electron chi connectivity index (χ4n) is 0.912. The van der Waals surface area contributed by atoms with Crippen molar-refractivity contribution in [3.8, 4) is 0 Å². The van der Waals surface area contributed by atoms with Gasteiger partial charge in [-0.15, -0.1) is 0 Å². The lowest BCUT2D eigenvalue weighted by atomic mass is 10.2. The summed E-state index contributed by atoms with van der Waals surface area (Å²) in [7, 11) is 0. The smallest absolute Gasteiger partial charge is 0.149 e. The number of hydrogen-bond acceptors (Lipinski definition) is 0. The molecular formula is C8H18N+. The van der Waals surface area contributed by atoms with Crippen molar-refractivity contribution in [1.82, 2.24) is 0 Å². The van der Waals surface area contributed by atoms with Crippen LogP contribution in [-0.4, -0.2) is 23.9 Å². The molecule has 0 aromatic carbocycles. The summed E-state index contributed by atoms with van der Waals surface area (Å²) in [5.74, 6) is 0. The Bertz CT molecular complexity index is 86.6. The third-order valence-corrected chi connectivity index (χ3v) is 1.74. The fourth-order valence-corrected chi connectivity index (χ4v) is 0.912. The summed E-state index contributed by atoms with van der Waals surface area (Å²) in [4.78, 5) is 0. The predicted octanol–water partition coefficient (Wildman–Crippen LogP) is 1.91. The molecule has 54 valence electrons. The summed E-state index contributed by atoms with van der Waals surface area (Å²) in [6.45, 7) is 11.5. The summed E-state index contributed by atoms with van der Waals surface area (Å²) in [6.07, 6.45) is 2.52. The maximum atomic E-state index is 3.91. The quantitative estimate of drug-likeness (QED) is 0.402. The van der Waals surface area contributed by atoms with Crippen LogP contribution in [0.15, 0.2) is 0 Å². The molecule has 0 rings (SSSR count). The highest BCUT2D eigenvalue weighted by Gasteiger charge is 2.07. The van der Waals surface area contributed by atoms with Gasteiger partial charge in [-0.05, 0) is 20.3 Å². The molecule has 1 nitrogen and oxygen atoms in total. The molecule has 1 heteroatoms. The summed E-state index contributed by atoms with van der Waals surface area (Å²) >= 11 is 0. The molecule has 0 saturated heterocycles. The molecule has 0 spiro atoms. The minimum Gasteiger partial charge on any atom is -0.240 e. The second-order valence-electron chi connectivity index (χ2n) is 2.54. The zero-order valence-electron chi connectivity index (χ0n) is 6.85. The van der Waals surface area contributed by atoms with E-state index >= 15 is 0 Å². The lowest BCUT2D eigenvalue weighted by Crippen LogP contribution is -2.20. The standard InChI is InChI=1S/C8H18N/c1-5-7-8(3)9(4)6-2/h8H,4-7H2,1-3H3/q+1. The molecule has 1 unspecified atom stereocenters. The molecule has 0 aliphatic rings. The Morgan fingerprint density at radius 3 is 2.33 bits per heavy atom. The monoisotopic (exact) mass is 128 g/mol. The van der Waals surface area contributed by atoms with E-state index in [1.54, 1.807) is 0 Å². The normalized spacial score (nSPS) is 13.2. The molecule has 0 fully saturated rings. The van der Waals surface area contributed by atoms with Crippen molar-refractivity contribution in [3.05, 3.63) is 0 Å². The van der Waals surface area contributed by atoms with Gasteiger partial charge >= 0.3 is 0 Å². The van der Waals surface area contributed by atoms with Crippen molar-refractivity contribution >= 4 is 6.72 Å². The van der Waals surface area contributed by atoms with Crippen molar-refractivity contribution in [2.45, 2.75) is 39.7 Å². The lowest BCUT2D eigenvalue weighted by molar-refractivity contribution is -0.552. The first kappa shape index (κ1) is 8.67. The SMILES string of the molecule is C=[N+](CC)C(C)CCC. The lowest BCUT2D eigenvalue weighted by Gasteiger charge is -2.05. The van der Waals surface area contributed by atoms with Crippen LogP contribution in [-0.2, 0) is 0 Å². The van der Waals surface area contributed by atoms with Crippen LogP contribution in [0.4, 0.5) is 0 Å². The van der Waals surface area contributed by atoms with Gasteiger partial charge in [-0.25, -0.2) is 4.58 Å². The molecule has 9 heavy (non-hydrogen) atoms. The van der Waals surface area contributed by atoms with Crippen molar-refractivity contribution < 1.29 is 4.58 Å². The fraction of sp³-hybridized carbons (Fsp3) is 0.875. The Morgan fingerprint density at radius 2 is 2.00 bits per heavy atom. The molecule has 0 aromatic heterocycles. The minimum atomic E-state index is 0.653. The van der Waals surface area contributed by atoms with E-state index in [-0.39, 0.29) is 0 Å². The van der Waals surface area contributed by atoms with Gasteiger partial charge in [0.15, 0.2) is 0 Å². The number of rotatable bonds is 4. The Balaban J connectivity index is 3.45. The first-order valence-corrected chi connectivity index (χ1v) is 3.79. The van der Waals surface area contributed by atoms with Crippen LogP contribution in [0, 0.1) is 0 Å². The highest BCUT2D eigenvalue weighted by molar-refractivity contribution is 5.14. The van der Waals surface area contributed by atoms with Gasteiger partial charge in [-0.3, -0.25) is 0 Å². The van der Waals surface area contributed by atoms with Crippen LogP contribution < -0.4 is 0 Å². The van der Waals surface area contributed by atoms with Crippen LogP contribution in [0.25, 0.3) is 0 Å². The van der Waals surface area contributed by atoms with Crippen LogP contribution in [0.5, 0.6) is 0 Å². The van der Waals surface area contributed by atoms with Crippen molar-refractivity contribution in [1.29, 1.82) is 0 Å². The summed E-state index contributed by atoms with van der Waals surface area (Å²) in [6, 6.07) is 0.653. The summed E-state index contributed by atoms with van der Waals surface area (Å²) in [5.41, 5.74) is 0. The van der Waals surface area contributed by atoms with Gasteiger partial charge in [0.2, 0.25) is 0 Å². The van der Waals surface area contributed by atoms with Crippen molar-refractivity contribution in [2.75, 3.05) is 6.54 Å². The predicted molar refractivity (Wildman–Crippen MR) is 42.3 cm³/mol. The zero-order valence-corrected chi connectivity index (χ0v) is 6.85. The van der Waals surface area contributed by atoms with Crippen LogP contribution >= 0.6 is 0 Å². The van der Waals surface area contributed by atoms with E-state index in [1.807, 2.05) is 0 Å². The van der Waals surface area contributed by atoms with E-state index in [0.717, 1.165) is 6.54 Å². The molecule has 0 aromatic rings. The maximum absolute atomic E-state index is 3.91. The van der Waals surface area contributed by atoms with Gasteiger partial charge in [0.1, 0.15) is 19.3 Å². The highest BCUT2D eigenvalue weighted by Crippen LogP contribution is 1.98. The average Bonchev–Trinajstić information content (AvgIpc) is 1.87. The third kappa shape index (κ3) is 3.28. The summed E-state index contributed by atoms with van der Waals surface area (Å²) < 4.78 is 2.13. The Kier molecular flexibility index (Phi) is 4.37. The van der Waals surface area contributed by atoms with Crippen molar-refractivity contribution in [2.24, 2.45) is 0 Å². The average molecular weight is 128 g/mol. The topological polar surface area (TPSA) is 3.01 Å². The first-order chi connectivity index (χ1) is 4.22. The molecule has 0 aliphatic carbocycles. The van der Waals surface area contributed by atoms with Gasteiger partial charge in [0.25, 0.3) is 0 Å². The van der Waals surface area contributed by atoms with E-state index in [2.05, 4.69) is 32.1 Å². The number of nitrogens with zero attached hydrogens (tertiary/aromatic N) is 1.